The molecule has 0 radical (unpaired) electrons. The Hall–Kier alpha value is -2.31. The minimum Gasteiger partial charge on any atom is -0.481 e. The van der Waals surface area contributed by atoms with Crippen LogP contribution >= 0.6 is 0 Å². The number of carbonyl (C=O) groups is 3. The first-order valence-electron chi connectivity index (χ1n) is 7.85. The number of carbonyl (C=O) groups excluding carboxylic acids is 2. The number of carboxylic acids is 1. The number of aliphatic carboxylic acids is 1. The highest BCUT2D eigenvalue weighted by atomic mass is 16.4. The van der Waals surface area contributed by atoms with E-state index in [-0.39, 0.29) is 5.91 Å². The van der Waals surface area contributed by atoms with E-state index in [1.165, 1.54) is 18.6 Å². The van der Waals surface area contributed by atoms with Crippen molar-refractivity contribution in [2.45, 2.75) is 51.1 Å². The summed E-state index contributed by atoms with van der Waals surface area (Å²) >= 11 is 0. The molecule has 1 unspecified atom stereocenters. The second-order valence-electron chi connectivity index (χ2n) is 5.90. The third-order valence-corrected chi connectivity index (χ3v) is 4.19. The van der Waals surface area contributed by atoms with Crippen LogP contribution in [0.5, 0.6) is 0 Å². The Morgan fingerprint density at radius 1 is 1.26 bits per heavy atom. The van der Waals surface area contributed by atoms with Gasteiger partial charge in [0.2, 0.25) is 5.91 Å². The van der Waals surface area contributed by atoms with Crippen LogP contribution in [0.4, 0.5) is 0 Å². The number of hydrogen-bond acceptors (Lipinski definition) is 4. The third-order valence-electron chi connectivity index (χ3n) is 4.19. The minimum absolute atomic E-state index is 0.336. The van der Waals surface area contributed by atoms with E-state index in [9.17, 15) is 19.5 Å². The topological polar surface area (TPSA) is 109 Å². The van der Waals surface area contributed by atoms with Gasteiger partial charge in [0.1, 0.15) is 12.3 Å². The summed E-state index contributed by atoms with van der Waals surface area (Å²) in [5.74, 6) is -2.23. The molecule has 2 rings (SSSR count). The van der Waals surface area contributed by atoms with Crippen LogP contribution < -0.4 is 10.6 Å². The van der Waals surface area contributed by atoms with E-state index in [0.717, 1.165) is 19.3 Å². The maximum atomic E-state index is 12.3. The molecule has 0 aromatic carbocycles. The predicted octanol–water partition coefficient (Wildman–Crippen LogP) is 1.55. The summed E-state index contributed by atoms with van der Waals surface area (Å²) in [6.07, 6.45) is 6.61. The number of rotatable bonds is 5. The van der Waals surface area contributed by atoms with Crippen molar-refractivity contribution in [2.24, 2.45) is 5.92 Å². The van der Waals surface area contributed by atoms with Crippen molar-refractivity contribution in [2.75, 3.05) is 0 Å². The van der Waals surface area contributed by atoms with Gasteiger partial charge in [-0.05, 0) is 25.8 Å². The van der Waals surface area contributed by atoms with E-state index < -0.39 is 29.9 Å². The molecule has 3 atom stereocenters. The number of nitrogens with one attached hydrogen (secondary N) is 2. The highest BCUT2D eigenvalue weighted by Gasteiger charge is 2.31. The fourth-order valence-electron chi connectivity index (χ4n) is 2.82. The summed E-state index contributed by atoms with van der Waals surface area (Å²) in [5, 5.41) is 14.7. The van der Waals surface area contributed by atoms with E-state index in [4.69, 9.17) is 4.42 Å². The van der Waals surface area contributed by atoms with Gasteiger partial charge in [-0.15, -0.1) is 0 Å². The van der Waals surface area contributed by atoms with Crippen LogP contribution in [0.3, 0.4) is 0 Å². The molecular weight excluding hydrogens is 300 g/mol. The summed E-state index contributed by atoms with van der Waals surface area (Å²) in [6, 6.07) is 0.358. The van der Waals surface area contributed by atoms with Gasteiger partial charge < -0.3 is 20.2 Å². The first-order chi connectivity index (χ1) is 11.0. The van der Waals surface area contributed by atoms with Gasteiger partial charge in [-0.1, -0.05) is 19.3 Å². The third kappa shape index (κ3) is 4.58. The maximum Gasteiger partial charge on any atom is 0.308 e. The SMILES string of the molecule is CC(NC(=O)c1ccoc1)C(=O)N[C@H]1CCCCC[C@H]1C(=O)O. The van der Waals surface area contributed by atoms with Crippen LogP contribution in [0.15, 0.2) is 23.0 Å². The molecular formula is C16H22N2O5. The molecule has 23 heavy (non-hydrogen) atoms. The summed E-state index contributed by atoms with van der Waals surface area (Å²) in [4.78, 5) is 35.5. The number of hydrogen-bond donors (Lipinski definition) is 3. The number of amides is 2. The van der Waals surface area contributed by atoms with Crippen molar-refractivity contribution in [3.63, 3.8) is 0 Å². The quantitative estimate of drug-likeness (QED) is 0.713. The van der Waals surface area contributed by atoms with E-state index in [1.807, 2.05) is 0 Å². The van der Waals surface area contributed by atoms with Crippen molar-refractivity contribution in [3.8, 4) is 0 Å². The van der Waals surface area contributed by atoms with Crippen molar-refractivity contribution in [3.05, 3.63) is 24.2 Å². The minimum atomic E-state index is -0.882. The van der Waals surface area contributed by atoms with Crippen molar-refractivity contribution < 1.29 is 23.9 Å². The summed E-state index contributed by atoms with van der Waals surface area (Å²) in [6.45, 7) is 1.57. The summed E-state index contributed by atoms with van der Waals surface area (Å²) in [5.41, 5.74) is 0.336. The van der Waals surface area contributed by atoms with E-state index in [2.05, 4.69) is 10.6 Å². The Balaban J connectivity index is 1.93. The van der Waals surface area contributed by atoms with Crippen LogP contribution in [-0.4, -0.2) is 35.0 Å². The predicted molar refractivity (Wildman–Crippen MR) is 81.8 cm³/mol. The maximum absolute atomic E-state index is 12.3. The molecule has 1 fully saturated rings. The zero-order chi connectivity index (χ0) is 16.8. The van der Waals surface area contributed by atoms with Crippen molar-refractivity contribution in [1.82, 2.24) is 10.6 Å². The van der Waals surface area contributed by atoms with Crippen LogP contribution in [0.25, 0.3) is 0 Å². The average Bonchev–Trinajstić information content (AvgIpc) is 2.94. The first kappa shape index (κ1) is 17.1. The average molecular weight is 322 g/mol. The molecule has 0 aliphatic heterocycles. The molecule has 1 saturated carbocycles. The fourth-order valence-corrected chi connectivity index (χ4v) is 2.82. The Bertz CT molecular complexity index is 555. The smallest absolute Gasteiger partial charge is 0.308 e. The van der Waals surface area contributed by atoms with Gasteiger partial charge in [0.25, 0.3) is 5.91 Å². The Labute approximate surface area is 134 Å². The monoisotopic (exact) mass is 322 g/mol. The molecule has 3 N–H and O–H groups in total. The largest absolute Gasteiger partial charge is 0.481 e. The Kier molecular flexibility index (Phi) is 5.78. The standard InChI is InChI=1S/C16H22N2O5/c1-10(17-15(20)11-7-8-23-9-11)14(19)18-13-6-4-2-3-5-12(13)16(21)22/h7-10,12-13H,2-6H2,1H3,(H,17,20)(H,18,19)(H,21,22)/t10?,12-,13+/m1/s1. The van der Waals surface area contributed by atoms with Gasteiger partial charge in [0, 0.05) is 6.04 Å². The van der Waals surface area contributed by atoms with Crippen molar-refractivity contribution in [1.29, 1.82) is 0 Å². The lowest BCUT2D eigenvalue weighted by molar-refractivity contribution is -0.143. The number of furan rings is 1. The highest BCUT2D eigenvalue weighted by molar-refractivity contribution is 5.97. The lowest BCUT2D eigenvalue weighted by Crippen LogP contribution is -2.50. The molecule has 0 spiro atoms. The van der Waals surface area contributed by atoms with Crippen LogP contribution in [0.2, 0.25) is 0 Å². The molecule has 1 heterocycles. The van der Waals surface area contributed by atoms with Crippen LogP contribution in [0.1, 0.15) is 49.4 Å². The van der Waals surface area contributed by atoms with E-state index in [0.29, 0.717) is 18.4 Å². The zero-order valence-electron chi connectivity index (χ0n) is 13.1. The molecule has 7 heteroatoms. The molecule has 2 amide bonds. The fraction of sp³-hybridized carbons (Fsp3) is 0.562. The Morgan fingerprint density at radius 2 is 2.00 bits per heavy atom. The molecule has 126 valence electrons. The lowest BCUT2D eigenvalue weighted by Gasteiger charge is -2.24. The Morgan fingerprint density at radius 3 is 2.65 bits per heavy atom. The highest BCUT2D eigenvalue weighted by Crippen LogP contribution is 2.23. The van der Waals surface area contributed by atoms with E-state index in [1.54, 1.807) is 6.92 Å². The van der Waals surface area contributed by atoms with Gasteiger partial charge in [0.15, 0.2) is 0 Å². The zero-order valence-corrected chi connectivity index (χ0v) is 13.1. The molecule has 7 nitrogen and oxygen atoms in total. The second-order valence-corrected chi connectivity index (χ2v) is 5.90. The molecule has 1 aliphatic rings. The van der Waals surface area contributed by atoms with Gasteiger partial charge >= 0.3 is 5.97 Å². The lowest BCUT2D eigenvalue weighted by atomic mass is 9.94. The molecule has 1 aliphatic carbocycles. The van der Waals surface area contributed by atoms with Crippen LogP contribution in [0, 0.1) is 5.92 Å². The molecule has 1 aromatic rings. The van der Waals surface area contributed by atoms with Gasteiger partial charge in [-0.3, -0.25) is 14.4 Å². The summed E-state index contributed by atoms with van der Waals surface area (Å²) < 4.78 is 4.83. The normalized spacial score (nSPS) is 22.7. The van der Waals surface area contributed by atoms with Gasteiger partial charge in [0.05, 0.1) is 17.7 Å². The van der Waals surface area contributed by atoms with Crippen molar-refractivity contribution >= 4 is 17.8 Å². The summed E-state index contributed by atoms with van der Waals surface area (Å²) in [7, 11) is 0. The first-order valence-corrected chi connectivity index (χ1v) is 7.85. The van der Waals surface area contributed by atoms with Gasteiger partial charge in [-0.25, -0.2) is 0 Å². The molecule has 0 bridgehead atoms. The molecule has 0 saturated heterocycles. The van der Waals surface area contributed by atoms with E-state index >= 15 is 0 Å². The number of carboxylic acid groups (broad SMARTS) is 1. The van der Waals surface area contributed by atoms with Crippen LogP contribution in [-0.2, 0) is 9.59 Å². The van der Waals surface area contributed by atoms with Gasteiger partial charge in [-0.2, -0.15) is 0 Å². The second kappa shape index (κ2) is 7.80. The molecule has 1 aromatic heterocycles.